The van der Waals surface area contributed by atoms with Crippen LogP contribution in [0, 0.1) is 17.8 Å². The van der Waals surface area contributed by atoms with Crippen molar-refractivity contribution in [1.29, 1.82) is 0 Å². The first-order valence-electron chi connectivity index (χ1n) is 13.2. The summed E-state index contributed by atoms with van der Waals surface area (Å²) in [5.74, 6) is 3.76. The lowest BCUT2D eigenvalue weighted by Gasteiger charge is -2.54. The van der Waals surface area contributed by atoms with Crippen LogP contribution in [-0.4, -0.2) is 42.3 Å². The van der Waals surface area contributed by atoms with Crippen molar-refractivity contribution < 1.29 is 19.0 Å². The standard InChI is InChI=1S/C30H39NO4S/c1-20(2)24-12-11-21(3)30(17-24)31-14-13-23-15-27(35-18-22-9-7-6-8-10-22)26(33-4)16-25(23)29(31,19-36-30)28(32)34-5/h6-10,15-16,20-21,24H,11-14,17-19H2,1-5H3/t21-,24-,29-,30?/m0/s1. The lowest BCUT2D eigenvalue weighted by molar-refractivity contribution is -0.159. The van der Waals surface area contributed by atoms with Gasteiger partial charge in [0.2, 0.25) is 0 Å². The first-order chi connectivity index (χ1) is 17.4. The lowest BCUT2D eigenvalue weighted by atomic mass is 9.71. The molecule has 2 aliphatic heterocycles. The number of methoxy groups -OCH3 is 2. The molecule has 3 aliphatic rings. The van der Waals surface area contributed by atoms with E-state index in [1.807, 2.05) is 36.0 Å². The lowest BCUT2D eigenvalue weighted by Crippen LogP contribution is -2.63. The SMILES string of the molecule is COC(=O)[C@@]12CSC3(C[C@@H](C(C)C)CC[C@@H]3C)N1CCc1cc(OCc3ccccc3)c(OC)cc12. The van der Waals surface area contributed by atoms with E-state index < -0.39 is 5.54 Å². The van der Waals surface area contributed by atoms with Gasteiger partial charge in [0, 0.05) is 12.3 Å². The molecular formula is C30H39NO4S. The van der Waals surface area contributed by atoms with E-state index in [1.165, 1.54) is 20.0 Å². The van der Waals surface area contributed by atoms with Crippen molar-refractivity contribution in [2.24, 2.45) is 17.8 Å². The smallest absolute Gasteiger partial charge is 0.331 e. The molecule has 4 atom stereocenters. The van der Waals surface area contributed by atoms with E-state index in [0.29, 0.717) is 35.9 Å². The Bertz CT molecular complexity index is 1110. The summed E-state index contributed by atoms with van der Waals surface area (Å²) < 4.78 is 17.6. The second kappa shape index (κ2) is 9.94. The first kappa shape index (κ1) is 25.5. The van der Waals surface area contributed by atoms with Crippen molar-refractivity contribution in [3.8, 4) is 11.5 Å². The topological polar surface area (TPSA) is 48.0 Å². The predicted octanol–water partition coefficient (Wildman–Crippen LogP) is 6.04. The van der Waals surface area contributed by atoms with Gasteiger partial charge in [-0.05, 0) is 72.3 Å². The summed E-state index contributed by atoms with van der Waals surface area (Å²) in [5, 5.41) is 0. The highest BCUT2D eigenvalue weighted by molar-refractivity contribution is 8.01. The van der Waals surface area contributed by atoms with Gasteiger partial charge in [0.15, 0.2) is 17.0 Å². The van der Waals surface area contributed by atoms with Crippen LogP contribution in [0.5, 0.6) is 11.5 Å². The molecule has 1 saturated carbocycles. The van der Waals surface area contributed by atoms with Crippen molar-refractivity contribution >= 4 is 17.7 Å². The van der Waals surface area contributed by atoms with Crippen LogP contribution in [0.2, 0.25) is 0 Å². The Kier molecular flexibility index (Phi) is 7.03. The number of nitrogens with zero attached hydrogens (tertiary/aromatic N) is 1. The Hall–Kier alpha value is -2.18. The number of carbonyl (C=O) groups is 1. The zero-order chi connectivity index (χ0) is 25.5. The summed E-state index contributed by atoms with van der Waals surface area (Å²) in [6.07, 6.45) is 4.47. The van der Waals surface area contributed by atoms with Crippen LogP contribution in [0.25, 0.3) is 0 Å². The minimum Gasteiger partial charge on any atom is -0.493 e. The summed E-state index contributed by atoms with van der Waals surface area (Å²) in [6, 6.07) is 14.3. The number of esters is 1. The fraction of sp³-hybridized carbons (Fsp3) is 0.567. The van der Waals surface area contributed by atoms with Gasteiger partial charge in [-0.3, -0.25) is 4.90 Å². The maximum absolute atomic E-state index is 13.7. The van der Waals surface area contributed by atoms with Gasteiger partial charge in [0.25, 0.3) is 0 Å². The Balaban J connectivity index is 1.55. The number of ether oxygens (including phenoxy) is 3. The number of carbonyl (C=O) groups excluding carboxylic acids is 1. The molecule has 1 saturated heterocycles. The molecule has 194 valence electrons. The summed E-state index contributed by atoms with van der Waals surface area (Å²) in [5.41, 5.74) is 2.48. The van der Waals surface area contributed by atoms with Gasteiger partial charge < -0.3 is 14.2 Å². The van der Waals surface area contributed by atoms with Gasteiger partial charge >= 0.3 is 5.97 Å². The Morgan fingerprint density at radius 3 is 2.61 bits per heavy atom. The highest BCUT2D eigenvalue weighted by Gasteiger charge is 2.65. The molecule has 0 aromatic heterocycles. The van der Waals surface area contributed by atoms with Crippen LogP contribution >= 0.6 is 11.8 Å². The summed E-state index contributed by atoms with van der Waals surface area (Å²) in [6.45, 7) is 8.38. The van der Waals surface area contributed by atoms with Crippen molar-refractivity contribution in [1.82, 2.24) is 4.90 Å². The van der Waals surface area contributed by atoms with Crippen molar-refractivity contribution in [2.75, 3.05) is 26.5 Å². The monoisotopic (exact) mass is 509 g/mol. The fourth-order valence-corrected chi connectivity index (χ4v) is 8.73. The maximum Gasteiger partial charge on any atom is 0.331 e. The van der Waals surface area contributed by atoms with Gasteiger partial charge in [0.05, 0.1) is 19.1 Å². The third kappa shape index (κ3) is 4.01. The molecule has 0 bridgehead atoms. The number of thioether (sulfide) groups is 1. The van der Waals surface area contributed by atoms with Gasteiger partial charge in [-0.15, -0.1) is 11.8 Å². The predicted molar refractivity (Wildman–Crippen MR) is 144 cm³/mol. The van der Waals surface area contributed by atoms with E-state index in [-0.39, 0.29) is 10.8 Å². The van der Waals surface area contributed by atoms with E-state index in [9.17, 15) is 4.79 Å². The van der Waals surface area contributed by atoms with E-state index in [2.05, 4.69) is 43.9 Å². The first-order valence-corrected chi connectivity index (χ1v) is 14.2. The van der Waals surface area contributed by atoms with Crippen molar-refractivity contribution in [2.45, 2.75) is 63.5 Å². The van der Waals surface area contributed by atoms with Gasteiger partial charge in [-0.2, -0.15) is 0 Å². The molecular weight excluding hydrogens is 470 g/mol. The van der Waals surface area contributed by atoms with Crippen LogP contribution < -0.4 is 9.47 Å². The highest BCUT2D eigenvalue weighted by Crippen LogP contribution is 2.62. The summed E-state index contributed by atoms with van der Waals surface area (Å²) in [7, 11) is 3.19. The van der Waals surface area contributed by atoms with Crippen LogP contribution in [0.4, 0.5) is 0 Å². The van der Waals surface area contributed by atoms with Crippen LogP contribution in [0.3, 0.4) is 0 Å². The number of rotatable bonds is 6. The molecule has 2 aromatic carbocycles. The fourth-order valence-electron chi connectivity index (χ4n) is 6.71. The largest absolute Gasteiger partial charge is 0.493 e. The molecule has 1 unspecified atom stereocenters. The van der Waals surface area contributed by atoms with Crippen LogP contribution in [-0.2, 0) is 28.1 Å². The maximum atomic E-state index is 13.7. The highest BCUT2D eigenvalue weighted by atomic mass is 32.2. The average Bonchev–Trinajstić information content (AvgIpc) is 3.24. The summed E-state index contributed by atoms with van der Waals surface area (Å²) in [4.78, 5) is 16.2. The Morgan fingerprint density at radius 2 is 1.92 bits per heavy atom. The van der Waals surface area contributed by atoms with Gasteiger partial charge in [-0.1, -0.05) is 51.1 Å². The normalized spacial score (nSPS) is 29.6. The second-order valence-electron chi connectivity index (χ2n) is 11.0. The Labute approximate surface area is 219 Å². The zero-order valence-corrected chi connectivity index (χ0v) is 23.0. The zero-order valence-electron chi connectivity index (χ0n) is 22.2. The molecule has 0 N–H and O–H groups in total. The minimum absolute atomic E-state index is 0.0468. The van der Waals surface area contributed by atoms with E-state index >= 15 is 0 Å². The minimum atomic E-state index is -0.800. The van der Waals surface area contributed by atoms with E-state index in [0.717, 1.165) is 41.8 Å². The molecule has 36 heavy (non-hydrogen) atoms. The molecule has 2 heterocycles. The molecule has 0 amide bonds. The quantitative estimate of drug-likeness (QED) is 0.443. The third-order valence-corrected chi connectivity index (χ3v) is 10.7. The molecule has 2 fully saturated rings. The number of hydrogen-bond donors (Lipinski definition) is 0. The number of hydrogen-bond acceptors (Lipinski definition) is 6. The summed E-state index contributed by atoms with van der Waals surface area (Å²) >= 11 is 1.98. The molecule has 1 aliphatic carbocycles. The molecule has 6 heteroatoms. The number of benzene rings is 2. The molecule has 5 nitrogen and oxygen atoms in total. The third-order valence-electron chi connectivity index (χ3n) is 8.89. The molecule has 2 aromatic rings. The Morgan fingerprint density at radius 1 is 1.14 bits per heavy atom. The molecule has 0 radical (unpaired) electrons. The van der Waals surface area contributed by atoms with Crippen LogP contribution in [0.1, 0.15) is 56.7 Å². The van der Waals surface area contributed by atoms with Crippen LogP contribution in [0.15, 0.2) is 42.5 Å². The van der Waals surface area contributed by atoms with E-state index in [1.54, 1.807) is 7.11 Å². The average molecular weight is 510 g/mol. The van der Waals surface area contributed by atoms with Gasteiger partial charge in [0.1, 0.15) is 6.61 Å². The van der Waals surface area contributed by atoms with Crippen molar-refractivity contribution in [3.63, 3.8) is 0 Å². The number of fused-ring (bicyclic) bond motifs is 4. The second-order valence-corrected chi connectivity index (χ2v) is 12.3. The van der Waals surface area contributed by atoms with Gasteiger partial charge in [-0.25, -0.2) is 4.79 Å². The van der Waals surface area contributed by atoms with Crippen molar-refractivity contribution in [3.05, 3.63) is 59.2 Å². The molecule has 5 rings (SSSR count). The molecule has 1 spiro atoms. The van der Waals surface area contributed by atoms with E-state index in [4.69, 9.17) is 14.2 Å².